The van der Waals surface area contributed by atoms with Gasteiger partial charge >= 0.3 is 5.97 Å². The molecule has 1 amide bonds. The SMILES string of the molecule is COC(=O)CCCN(C)C(=O)C1=C2c3sccc3C=CN2CC=C1. The maximum Gasteiger partial charge on any atom is 0.305 e. The van der Waals surface area contributed by atoms with E-state index in [4.69, 9.17) is 0 Å². The fourth-order valence-electron chi connectivity index (χ4n) is 2.85. The lowest BCUT2D eigenvalue weighted by molar-refractivity contribution is -0.141. The highest BCUT2D eigenvalue weighted by molar-refractivity contribution is 7.11. The lowest BCUT2D eigenvalue weighted by Gasteiger charge is -2.31. The molecule has 0 aromatic carbocycles. The van der Waals surface area contributed by atoms with Gasteiger partial charge in [-0.1, -0.05) is 6.08 Å². The highest BCUT2D eigenvalue weighted by atomic mass is 32.1. The fraction of sp³-hybridized carbons (Fsp3) is 0.333. The van der Waals surface area contributed by atoms with Crippen LogP contribution >= 0.6 is 11.3 Å². The molecule has 0 unspecified atom stereocenters. The van der Waals surface area contributed by atoms with Crippen LogP contribution in [-0.2, 0) is 14.3 Å². The van der Waals surface area contributed by atoms with Crippen molar-refractivity contribution in [1.29, 1.82) is 0 Å². The molecule has 24 heavy (non-hydrogen) atoms. The van der Waals surface area contributed by atoms with E-state index in [0.29, 0.717) is 25.0 Å². The summed E-state index contributed by atoms with van der Waals surface area (Å²) in [5.74, 6) is -0.271. The highest BCUT2D eigenvalue weighted by Crippen LogP contribution is 2.37. The van der Waals surface area contributed by atoms with E-state index in [-0.39, 0.29) is 11.9 Å². The minimum Gasteiger partial charge on any atom is -0.469 e. The molecule has 0 N–H and O–H groups in total. The van der Waals surface area contributed by atoms with Gasteiger partial charge < -0.3 is 14.5 Å². The second-order valence-corrected chi connectivity index (χ2v) is 6.66. The molecule has 2 aliphatic rings. The number of methoxy groups -OCH3 is 1. The van der Waals surface area contributed by atoms with E-state index in [1.54, 1.807) is 23.3 Å². The first-order chi connectivity index (χ1) is 11.6. The van der Waals surface area contributed by atoms with Gasteiger partial charge in [0.2, 0.25) is 0 Å². The molecule has 1 aromatic rings. The molecule has 0 aliphatic carbocycles. The van der Waals surface area contributed by atoms with Gasteiger partial charge in [0.1, 0.15) is 0 Å². The number of carbonyl (C=O) groups excluding carboxylic acids is 2. The Bertz CT molecular complexity index is 745. The van der Waals surface area contributed by atoms with E-state index in [2.05, 4.69) is 21.8 Å². The smallest absolute Gasteiger partial charge is 0.305 e. The third kappa shape index (κ3) is 3.14. The van der Waals surface area contributed by atoms with Crippen LogP contribution in [0.3, 0.4) is 0 Å². The van der Waals surface area contributed by atoms with E-state index in [0.717, 1.165) is 22.7 Å². The lowest BCUT2D eigenvalue weighted by Crippen LogP contribution is -2.33. The second kappa shape index (κ2) is 7.05. The van der Waals surface area contributed by atoms with Crippen LogP contribution in [0.4, 0.5) is 0 Å². The van der Waals surface area contributed by atoms with Crippen LogP contribution < -0.4 is 0 Å². The molecule has 0 saturated carbocycles. The summed E-state index contributed by atoms with van der Waals surface area (Å²) >= 11 is 1.65. The minimum atomic E-state index is -0.248. The van der Waals surface area contributed by atoms with Crippen LogP contribution in [0.1, 0.15) is 23.3 Å². The van der Waals surface area contributed by atoms with Crippen molar-refractivity contribution < 1.29 is 14.3 Å². The number of fused-ring (bicyclic) bond motifs is 3. The Morgan fingerprint density at radius 2 is 2.21 bits per heavy atom. The number of hydrogen-bond acceptors (Lipinski definition) is 5. The van der Waals surface area contributed by atoms with Gasteiger partial charge in [-0.3, -0.25) is 9.59 Å². The summed E-state index contributed by atoms with van der Waals surface area (Å²) < 4.78 is 4.63. The quantitative estimate of drug-likeness (QED) is 0.771. The first kappa shape index (κ1) is 16.5. The average molecular weight is 344 g/mol. The first-order valence-corrected chi connectivity index (χ1v) is 8.75. The predicted octanol–water partition coefficient (Wildman–Crippen LogP) is 2.73. The van der Waals surface area contributed by atoms with E-state index in [1.165, 1.54) is 7.11 Å². The number of esters is 1. The Labute approximate surface area is 145 Å². The lowest BCUT2D eigenvalue weighted by atomic mass is 10.0. The summed E-state index contributed by atoms with van der Waals surface area (Å²) in [5, 5.41) is 2.05. The number of ether oxygens (including phenoxy) is 1. The number of amides is 1. The number of carbonyl (C=O) groups is 2. The Morgan fingerprint density at radius 3 is 3.00 bits per heavy atom. The van der Waals surface area contributed by atoms with Crippen molar-refractivity contribution in [1.82, 2.24) is 9.80 Å². The van der Waals surface area contributed by atoms with Gasteiger partial charge in [-0.15, -0.1) is 11.3 Å². The Hall–Kier alpha value is -2.34. The van der Waals surface area contributed by atoms with Crippen LogP contribution in [0.2, 0.25) is 0 Å². The van der Waals surface area contributed by atoms with Gasteiger partial charge in [-0.25, -0.2) is 0 Å². The molecule has 0 saturated heterocycles. The van der Waals surface area contributed by atoms with Gasteiger partial charge in [-0.2, -0.15) is 0 Å². The van der Waals surface area contributed by atoms with Crippen LogP contribution in [0, 0.1) is 0 Å². The predicted molar refractivity (Wildman–Crippen MR) is 95.0 cm³/mol. The molecule has 2 aliphatic heterocycles. The maximum absolute atomic E-state index is 12.9. The van der Waals surface area contributed by atoms with Gasteiger partial charge in [-0.05, 0) is 35.6 Å². The molecule has 3 rings (SSSR count). The van der Waals surface area contributed by atoms with Crippen molar-refractivity contribution in [3.8, 4) is 0 Å². The van der Waals surface area contributed by atoms with Crippen molar-refractivity contribution in [2.75, 3.05) is 27.2 Å². The van der Waals surface area contributed by atoms with Crippen LogP contribution in [0.25, 0.3) is 11.8 Å². The van der Waals surface area contributed by atoms with Crippen molar-refractivity contribution >= 4 is 35.0 Å². The zero-order valence-electron chi connectivity index (χ0n) is 13.8. The largest absolute Gasteiger partial charge is 0.469 e. The minimum absolute atomic E-state index is 0.0227. The standard InChI is InChI=1S/C18H20N2O3S/c1-19(9-4-6-15(21)23-2)18(22)14-5-3-10-20-11-7-13-8-12-24-17(13)16(14)20/h3,5,7-8,11-12H,4,6,9-10H2,1-2H3. The van der Waals surface area contributed by atoms with Crippen LogP contribution in [0.15, 0.2) is 35.4 Å². The number of rotatable bonds is 5. The molecule has 1 aromatic heterocycles. The van der Waals surface area contributed by atoms with Crippen molar-refractivity contribution in [3.05, 3.63) is 45.8 Å². The number of thiophene rings is 1. The molecule has 0 bridgehead atoms. The first-order valence-electron chi connectivity index (χ1n) is 7.87. The van der Waals surface area contributed by atoms with Crippen molar-refractivity contribution in [2.24, 2.45) is 0 Å². The van der Waals surface area contributed by atoms with Crippen LogP contribution in [-0.4, -0.2) is 48.9 Å². The second-order valence-electron chi connectivity index (χ2n) is 5.74. The zero-order valence-corrected chi connectivity index (χ0v) is 14.6. The van der Waals surface area contributed by atoms with Gasteiger partial charge in [0.15, 0.2) is 0 Å². The fourth-order valence-corrected chi connectivity index (χ4v) is 3.81. The Kier molecular flexibility index (Phi) is 4.85. The van der Waals surface area contributed by atoms with E-state index in [1.807, 2.05) is 23.7 Å². The average Bonchev–Trinajstić information content (AvgIpc) is 3.09. The van der Waals surface area contributed by atoms with Crippen LogP contribution in [0.5, 0.6) is 0 Å². The topological polar surface area (TPSA) is 49.9 Å². The Balaban J connectivity index is 1.79. The molecule has 5 nitrogen and oxygen atoms in total. The normalized spacial score (nSPS) is 15.2. The molecule has 3 heterocycles. The third-order valence-corrected chi connectivity index (χ3v) is 5.09. The summed E-state index contributed by atoms with van der Waals surface area (Å²) in [6.45, 7) is 1.29. The van der Waals surface area contributed by atoms with Gasteiger partial charge in [0.25, 0.3) is 5.91 Å². The summed E-state index contributed by atoms with van der Waals surface area (Å²) in [6.07, 6.45) is 8.93. The summed E-state index contributed by atoms with van der Waals surface area (Å²) in [4.78, 5) is 29.0. The molecule has 6 heteroatoms. The molecule has 0 atom stereocenters. The molecule has 0 fully saturated rings. The molecule has 126 valence electrons. The van der Waals surface area contributed by atoms with E-state index < -0.39 is 0 Å². The monoisotopic (exact) mass is 344 g/mol. The maximum atomic E-state index is 12.9. The van der Waals surface area contributed by atoms with Crippen molar-refractivity contribution in [2.45, 2.75) is 12.8 Å². The van der Waals surface area contributed by atoms with E-state index >= 15 is 0 Å². The molecular weight excluding hydrogens is 324 g/mol. The highest BCUT2D eigenvalue weighted by Gasteiger charge is 2.27. The van der Waals surface area contributed by atoms with Gasteiger partial charge in [0.05, 0.1) is 23.3 Å². The number of hydrogen-bond donors (Lipinski definition) is 0. The third-order valence-electron chi connectivity index (χ3n) is 4.15. The van der Waals surface area contributed by atoms with E-state index in [9.17, 15) is 9.59 Å². The number of likely N-dealkylation sites (N-methyl/N-ethyl adjacent to an activating group) is 1. The number of nitrogens with zero attached hydrogens (tertiary/aromatic N) is 2. The molecular formula is C18H20N2O3S. The zero-order chi connectivity index (χ0) is 17.1. The summed E-state index contributed by atoms with van der Waals surface area (Å²) in [7, 11) is 3.15. The molecule has 0 spiro atoms. The summed E-state index contributed by atoms with van der Waals surface area (Å²) in [5.41, 5.74) is 2.84. The Morgan fingerprint density at radius 1 is 1.38 bits per heavy atom. The summed E-state index contributed by atoms with van der Waals surface area (Å²) in [6, 6.07) is 2.07. The molecule has 0 radical (unpaired) electrons. The van der Waals surface area contributed by atoms with Crippen molar-refractivity contribution in [3.63, 3.8) is 0 Å². The van der Waals surface area contributed by atoms with Gasteiger partial charge in [0, 0.05) is 32.8 Å².